The number of amides is 2. The second-order valence-electron chi connectivity index (χ2n) is 7.24. The first-order valence-corrected chi connectivity index (χ1v) is 11.4. The van der Waals surface area contributed by atoms with Gasteiger partial charge in [-0.3, -0.25) is 14.5 Å². The molecule has 2 aromatic carbocycles. The normalized spacial score (nSPS) is 14.8. The molecule has 9 nitrogen and oxygen atoms in total. The van der Waals surface area contributed by atoms with Crippen molar-refractivity contribution in [2.75, 3.05) is 39.8 Å². The van der Waals surface area contributed by atoms with Crippen LogP contribution in [0.2, 0.25) is 0 Å². The minimum Gasteiger partial charge on any atom is -0.496 e. The van der Waals surface area contributed by atoms with E-state index in [1.165, 1.54) is 25.3 Å². The van der Waals surface area contributed by atoms with Crippen LogP contribution in [0.5, 0.6) is 5.75 Å². The maximum absolute atomic E-state index is 13.0. The summed E-state index contributed by atoms with van der Waals surface area (Å²) >= 11 is 0. The smallest absolute Gasteiger partial charge is 0.257 e. The van der Waals surface area contributed by atoms with Crippen molar-refractivity contribution in [3.63, 3.8) is 0 Å². The summed E-state index contributed by atoms with van der Waals surface area (Å²) in [6.07, 6.45) is 0. The molecular weight excluding hydrogens is 420 g/mol. The highest BCUT2D eigenvalue weighted by molar-refractivity contribution is 7.89. The Labute approximate surface area is 181 Å². The highest BCUT2D eigenvalue weighted by Gasteiger charge is 2.26. The fourth-order valence-electron chi connectivity index (χ4n) is 3.37. The quantitative estimate of drug-likeness (QED) is 0.636. The van der Waals surface area contributed by atoms with Gasteiger partial charge in [-0.2, -0.15) is 0 Å². The molecule has 2 aromatic rings. The number of hydrogen-bond donors (Lipinski definition) is 2. The second-order valence-corrected chi connectivity index (χ2v) is 8.80. The first-order chi connectivity index (χ1) is 14.8. The summed E-state index contributed by atoms with van der Waals surface area (Å²) in [7, 11) is -2.53. The fraction of sp³-hybridized carbons (Fsp3) is 0.333. The number of piperazine rings is 1. The van der Waals surface area contributed by atoms with Gasteiger partial charge in [0.1, 0.15) is 5.75 Å². The number of ether oxygens (including phenoxy) is 1. The van der Waals surface area contributed by atoms with Crippen LogP contribution in [0, 0.1) is 0 Å². The van der Waals surface area contributed by atoms with Crippen molar-refractivity contribution < 1.29 is 22.7 Å². The van der Waals surface area contributed by atoms with Crippen LogP contribution < -0.4 is 15.2 Å². The van der Waals surface area contributed by atoms with Gasteiger partial charge in [-0.1, -0.05) is 30.3 Å². The van der Waals surface area contributed by atoms with Gasteiger partial charge in [0, 0.05) is 32.7 Å². The molecule has 3 N–H and O–H groups in total. The highest BCUT2D eigenvalue weighted by atomic mass is 32.2. The lowest BCUT2D eigenvalue weighted by atomic mass is 10.1. The van der Waals surface area contributed by atoms with E-state index in [0.717, 1.165) is 5.56 Å². The Morgan fingerprint density at radius 1 is 1.06 bits per heavy atom. The third-order valence-corrected chi connectivity index (χ3v) is 6.00. The number of nitrogens with one attached hydrogen (secondary N) is 1. The summed E-state index contributed by atoms with van der Waals surface area (Å²) in [5.74, 6) is -0.137. The van der Waals surface area contributed by atoms with Gasteiger partial charge in [-0.25, -0.2) is 13.6 Å². The largest absolute Gasteiger partial charge is 0.496 e. The van der Waals surface area contributed by atoms with Gasteiger partial charge in [0.05, 0.1) is 24.1 Å². The van der Waals surface area contributed by atoms with Crippen LogP contribution >= 0.6 is 0 Å². The summed E-state index contributed by atoms with van der Waals surface area (Å²) in [5, 5.41) is 8.08. The maximum atomic E-state index is 13.0. The Kier molecular flexibility index (Phi) is 7.26. The Morgan fingerprint density at radius 3 is 2.35 bits per heavy atom. The molecule has 0 spiro atoms. The third-order valence-electron chi connectivity index (χ3n) is 5.09. The number of rotatable bonds is 7. The van der Waals surface area contributed by atoms with Crippen molar-refractivity contribution in [1.82, 2.24) is 15.1 Å². The molecule has 10 heteroatoms. The van der Waals surface area contributed by atoms with Crippen LogP contribution in [0.3, 0.4) is 0 Å². The van der Waals surface area contributed by atoms with E-state index in [2.05, 4.69) is 5.32 Å². The van der Waals surface area contributed by atoms with Crippen molar-refractivity contribution in [3.8, 4) is 5.75 Å². The summed E-state index contributed by atoms with van der Waals surface area (Å²) < 4.78 is 28.5. The van der Waals surface area contributed by atoms with Crippen LogP contribution in [0.1, 0.15) is 15.9 Å². The van der Waals surface area contributed by atoms with Gasteiger partial charge in [0.15, 0.2) is 0 Å². The van der Waals surface area contributed by atoms with Crippen LogP contribution in [0.4, 0.5) is 0 Å². The minimum atomic E-state index is -3.94. The second kappa shape index (κ2) is 9.90. The van der Waals surface area contributed by atoms with Crippen molar-refractivity contribution in [3.05, 3.63) is 59.7 Å². The number of methoxy groups -OCH3 is 1. The topological polar surface area (TPSA) is 122 Å². The van der Waals surface area contributed by atoms with E-state index < -0.39 is 10.0 Å². The lowest BCUT2D eigenvalue weighted by Gasteiger charge is -2.34. The summed E-state index contributed by atoms with van der Waals surface area (Å²) in [6.45, 7) is 2.60. The van der Waals surface area contributed by atoms with Gasteiger partial charge < -0.3 is 15.0 Å². The first kappa shape index (κ1) is 22.7. The molecule has 3 rings (SSSR count). The Balaban J connectivity index is 1.55. The number of nitrogens with two attached hydrogens (primary N) is 1. The van der Waals surface area contributed by atoms with Crippen LogP contribution in [0.15, 0.2) is 53.4 Å². The average molecular weight is 447 g/mol. The van der Waals surface area contributed by atoms with Crippen molar-refractivity contribution in [2.24, 2.45) is 5.14 Å². The minimum absolute atomic E-state index is 0.0776. The number of primary sulfonamides is 1. The predicted octanol–water partition coefficient (Wildman–Crippen LogP) is 0.417. The molecule has 31 heavy (non-hydrogen) atoms. The Hall–Kier alpha value is -2.95. The molecule has 0 saturated carbocycles. The molecule has 0 aromatic heterocycles. The van der Waals surface area contributed by atoms with E-state index >= 15 is 0 Å². The van der Waals surface area contributed by atoms with Gasteiger partial charge in [-0.05, 0) is 23.8 Å². The van der Waals surface area contributed by atoms with Gasteiger partial charge >= 0.3 is 0 Å². The summed E-state index contributed by atoms with van der Waals surface area (Å²) in [4.78, 5) is 28.6. The molecule has 0 atom stereocenters. The number of carbonyl (C=O) groups excluding carboxylic acids is 2. The molecule has 0 unspecified atom stereocenters. The molecule has 1 aliphatic heterocycles. The van der Waals surface area contributed by atoms with E-state index in [0.29, 0.717) is 32.7 Å². The molecule has 0 bridgehead atoms. The molecule has 1 aliphatic rings. The highest BCUT2D eigenvalue weighted by Crippen LogP contribution is 2.24. The van der Waals surface area contributed by atoms with E-state index in [1.807, 2.05) is 35.2 Å². The molecule has 166 valence electrons. The fourth-order valence-corrected chi connectivity index (χ4v) is 3.91. The van der Waals surface area contributed by atoms with Crippen molar-refractivity contribution in [2.45, 2.75) is 11.4 Å². The average Bonchev–Trinajstić information content (AvgIpc) is 2.77. The standard InChI is InChI=1S/C21H26N4O5S/c1-30-19-8-7-17(31(22,28)29)13-18(19)21(27)25-11-9-24(10-12-25)15-20(26)23-14-16-5-3-2-4-6-16/h2-8,13H,9-12,14-15H2,1H3,(H,23,26)(H2,22,28,29). The van der Waals surface area contributed by atoms with Crippen LogP contribution in [-0.2, 0) is 21.4 Å². The number of carbonyl (C=O) groups is 2. The molecule has 0 aliphatic carbocycles. The Morgan fingerprint density at radius 2 is 1.74 bits per heavy atom. The van der Waals surface area contributed by atoms with Gasteiger partial charge in [0.25, 0.3) is 5.91 Å². The summed E-state index contributed by atoms with van der Waals surface area (Å²) in [5.41, 5.74) is 1.17. The molecule has 0 radical (unpaired) electrons. The Bertz CT molecular complexity index is 1030. The van der Waals surface area contributed by atoms with Crippen LogP contribution in [-0.4, -0.2) is 69.9 Å². The number of benzene rings is 2. The predicted molar refractivity (Wildman–Crippen MR) is 115 cm³/mol. The lowest BCUT2D eigenvalue weighted by Crippen LogP contribution is -2.51. The van der Waals surface area contributed by atoms with Gasteiger partial charge in [-0.15, -0.1) is 0 Å². The first-order valence-electron chi connectivity index (χ1n) is 9.81. The molecule has 2 amide bonds. The number of sulfonamides is 1. The third kappa shape index (κ3) is 6.03. The van der Waals surface area contributed by atoms with E-state index in [1.54, 1.807) is 4.90 Å². The van der Waals surface area contributed by atoms with Gasteiger partial charge in [0.2, 0.25) is 15.9 Å². The zero-order valence-corrected chi connectivity index (χ0v) is 18.1. The van der Waals surface area contributed by atoms with Crippen molar-refractivity contribution in [1.29, 1.82) is 0 Å². The maximum Gasteiger partial charge on any atom is 0.257 e. The van der Waals surface area contributed by atoms with E-state index in [4.69, 9.17) is 9.88 Å². The zero-order valence-electron chi connectivity index (χ0n) is 17.3. The lowest BCUT2D eigenvalue weighted by molar-refractivity contribution is -0.122. The van der Waals surface area contributed by atoms with Crippen molar-refractivity contribution >= 4 is 21.8 Å². The molecular formula is C21H26N4O5S. The van der Waals surface area contributed by atoms with Crippen LogP contribution in [0.25, 0.3) is 0 Å². The summed E-state index contributed by atoms with van der Waals surface area (Å²) in [6, 6.07) is 13.6. The molecule has 1 fully saturated rings. The molecule has 1 heterocycles. The molecule has 1 saturated heterocycles. The zero-order chi connectivity index (χ0) is 22.4. The van der Waals surface area contributed by atoms with E-state index in [-0.39, 0.29) is 34.6 Å². The monoisotopic (exact) mass is 446 g/mol. The van der Waals surface area contributed by atoms with E-state index in [9.17, 15) is 18.0 Å². The number of hydrogen-bond acceptors (Lipinski definition) is 6. The number of nitrogens with zero attached hydrogens (tertiary/aromatic N) is 2. The SMILES string of the molecule is COc1ccc(S(N)(=O)=O)cc1C(=O)N1CCN(CC(=O)NCc2ccccc2)CC1.